The molecule has 4 nitrogen and oxygen atoms in total. The number of carbonyl (C=O) groups excluding carboxylic acids is 1. The van der Waals surface area contributed by atoms with Crippen molar-refractivity contribution in [2.75, 3.05) is 18.4 Å². The van der Waals surface area contributed by atoms with Crippen LogP contribution in [0, 0.1) is 5.41 Å². The zero-order chi connectivity index (χ0) is 13.9. The highest BCUT2D eigenvalue weighted by molar-refractivity contribution is 5.96. The van der Waals surface area contributed by atoms with E-state index in [2.05, 4.69) is 10.6 Å². The van der Waals surface area contributed by atoms with Crippen LogP contribution < -0.4 is 10.6 Å². The lowest BCUT2D eigenvalue weighted by molar-refractivity contribution is -0.124. The second-order valence-corrected chi connectivity index (χ2v) is 5.28. The predicted octanol–water partition coefficient (Wildman–Crippen LogP) is 2.07. The summed E-state index contributed by atoms with van der Waals surface area (Å²) in [7, 11) is 0. The first kappa shape index (κ1) is 14.0. The molecule has 104 valence electrons. The van der Waals surface area contributed by atoms with Gasteiger partial charge in [-0.2, -0.15) is 0 Å². The molecule has 2 atom stereocenters. The number of rotatable bonds is 4. The lowest BCUT2D eigenvalue weighted by Crippen LogP contribution is -2.37. The molecule has 1 aromatic rings. The predicted molar refractivity (Wildman–Crippen MR) is 75.9 cm³/mol. The molecule has 1 aromatic carbocycles. The van der Waals surface area contributed by atoms with Crippen LogP contribution in [-0.2, 0) is 4.79 Å². The molecule has 3 N–H and O–H groups in total. The molecule has 1 aliphatic heterocycles. The summed E-state index contributed by atoms with van der Waals surface area (Å²) in [5.74, 6) is 0.0492. The van der Waals surface area contributed by atoms with Gasteiger partial charge in [0.05, 0.1) is 11.5 Å². The van der Waals surface area contributed by atoms with Crippen molar-refractivity contribution in [2.45, 2.75) is 32.8 Å². The van der Waals surface area contributed by atoms with Crippen LogP contribution in [0.2, 0.25) is 0 Å². The maximum Gasteiger partial charge on any atom is 0.231 e. The Morgan fingerprint density at radius 1 is 1.53 bits per heavy atom. The van der Waals surface area contributed by atoms with Crippen molar-refractivity contribution in [2.24, 2.45) is 5.41 Å². The fraction of sp³-hybridized carbons (Fsp3) is 0.533. The molecule has 4 heteroatoms. The van der Waals surface area contributed by atoms with Crippen molar-refractivity contribution >= 4 is 11.6 Å². The molecule has 0 bridgehead atoms. The molecule has 0 aliphatic carbocycles. The Balaban J connectivity index is 2.19. The molecule has 0 radical (unpaired) electrons. The van der Waals surface area contributed by atoms with E-state index in [1.165, 1.54) is 0 Å². The standard InChI is InChI=1S/C15H22N2O2/c1-3-15(8-9-16-10-15)14(19)17-13-7-5-4-6-12(13)11(2)18/h4-7,11,16,18H,3,8-10H2,1-2H3,(H,17,19). The third kappa shape index (κ3) is 2.80. The molecule has 0 aromatic heterocycles. The maximum absolute atomic E-state index is 12.5. The molecular formula is C15H22N2O2. The normalized spacial score (nSPS) is 24.2. The van der Waals surface area contributed by atoms with Gasteiger partial charge < -0.3 is 15.7 Å². The van der Waals surface area contributed by atoms with Gasteiger partial charge in [-0.15, -0.1) is 0 Å². The number of hydrogen-bond donors (Lipinski definition) is 3. The zero-order valence-corrected chi connectivity index (χ0v) is 11.6. The fourth-order valence-corrected chi connectivity index (χ4v) is 2.63. The Hall–Kier alpha value is -1.39. The number of aliphatic hydroxyl groups excluding tert-OH is 1. The molecule has 2 unspecified atom stereocenters. The number of carbonyl (C=O) groups is 1. The summed E-state index contributed by atoms with van der Waals surface area (Å²) in [5, 5.41) is 16.0. The summed E-state index contributed by atoms with van der Waals surface area (Å²) in [6.07, 6.45) is 1.10. The number of hydrogen-bond acceptors (Lipinski definition) is 3. The molecule has 0 spiro atoms. The van der Waals surface area contributed by atoms with Crippen LogP contribution in [-0.4, -0.2) is 24.1 Å². The maximum atomic E-state index is 12.5. The van der Waals surface area contributed by atoms with Crippen molar-refractivity contribution in [3.8, 4) is 0 Å². The molecule has 1 heterocycles. The lowest BCUT2D eigenvalue weighted by Gasteiger charge is -2.26. The van der Waals surface area contributed by atoms with Crippen LogP contribution in [0.15, 0.2) is 24.3 Å². The van der Waals surface area contributed by atoms with Gasteiger partial charge in [0.1, 0.15) is 0 Å². The van der Waals surface area contributed by atoms with Gasteiger partial charge >= 0.3 is 0 Å². The average Bonchev–Trinajstić information content (AvgIpc) is 2.89. The number of anilines is 1. The van der Waals surface area contributed by atoms with Crippen LogP contribution in [0.25, 0.3) is 0 Å². The van der Waals surface area contributed by atoms with Crippen molar-refractivity contribution in [1.29, 1.82) is 0 Å². The number of nitrogens with one attached hydrogen (secondary N) is 2. The SMILES string of the molecule is CCC1(C(=O)Nc2ccccc2C(C)O)CCNC1. The van der Waals surface area contributed by atoms with Gasteiger partial charge in [0.25, 0.3) is 0 Å². The van der Waals surface area contributed by atoms with Gasteiger partial charge in [-0.05, 0) is 32.4 Å². The van der Waals surface area contributed by atoms with E-state index in [9.17, 15) is 9.90 Å². The van der Waals surface area contributed by atoms with E-state index < -0.39 is 6.10 Å². The first-order valence-corrected chi connectivity index (χ1v) is 6.88. The second kappa shape index (κ2) is 5.72. The largest absolute Gasteiger partial charge is 0.389 e. The molecule has 0 saturated carbocycles. The van der Waals surface area contributed by atoms with Gasteiger partial charge in [0.2, 0.25) is 5.91 Å². The van der Waals surface area contributed by atoms with Crippen LogP contribution in [0.5, 0.6) is 0 Å². The molecule has 2 rings (SSSR count). The summed E-state index contributed by atoms with van der Waals surface area (Å²) < 4.78 is 0. The van der Waals surface area contributed by atoms with Crippen molar-refractivity contribution in [1.82, 2.24) is 5.32 Å². The number of para-hydroxylation sites is 1. The Kier molecular flexibility index (Phi) is 4.22. The van der Waals surface area contributed by atoms with Crippen LogP contribution in [0.1, 0.15) is 38.4 Å². The molecular weight excluding hydrogens is 240 g/mol. The number of aliphatic hydroxyl groups is 1. The summed E-state index contributed by atoms with van der Waals surface area (Å²) in [4.78, 5) is 12.5. The molecule has 1 amide bonds. The minimum absolute atomic E-state index is 0.0492. The average molecular weight is 262 g/mol. The highest BCUT2D eigenvalue weighted by Gasteiger charge is 2.39. The van der Waals surface area contributed by atoms with E-state index in [0.29, 0.717) is 5.69 Å². The molecule has 19 heavy (non-hydrogen) atoms. The van der Waals surface area contributed by atoms with Gasteiger partial charge in [-0.25, -0.2) is 0 Å². The van der Waals surface area contributed by atoms with Crippen molar-refractivity contribution in [3.05, 3.63) is 29.8 Å². The minimum atomic E-state index is -0.587. The minimum Gasteiger partial charge on any atom is -0.389 e. The van der Waals surface area contributed by atoms with Gasteiger partial charge in [0, 0.05) is 17.8 Å². The zero-order valence-electron chi connectivity index (χ0n) is 11.6. The van der Waals surface area contributed by atoms with Gasteiger partial charge in [-0.1, -0.05) is 25.1 Å². The van der Waals surface area contributed by atoms with Gasteiger partial charge in [-0.3, -0.25) is 4.79 Å². The fourth-order valence-electron chi connectivity index (χ4n) is 2.63. The Labute approximate surface area is 114 Å². The monoisotopic (exact) mass is 262 g/mol. The van der Waals surface area contributed by atoms with Crippen molar-refractivity contribution in [3.63, 3.8) is 0 Å². The molecule has 1 fully saturated rings. The van der Waals surface area contributed by atoms with E-state index in [0.717, 1.165) is 31.5 Å². The summed E-state index contributed by atoms with van der Waals surface area (Å²) in [6.45, 7) is 5.37. The third-order valence-corrected chi connectivity index (χ3v) is 4.06. The van der Waals surface area contributed by atoms with E-state index in [1.807, 2.05) is 31.2 Å². The van der Waals surface area contributed by atoms with Crippen LogP contribution in [0.3, 0.4) is 0 Å². The first-order valence-electron chi connectivity index (χ1n) is 6.88. The smallest absolute Gasteiger partial charge is 0.231 e. The number of amides is 1. The van der Waals surface area contributed by atoms with E-state index in [4.69, 9.17) is 0 Å². The Morgan fingerprint density at radius 3 is 2.84 bits per heavy atom. The topological polar surface area (TPSA) is 61.4 Å². The first-order chi connectivity index (χ1) is 9.09. The highest BCUT2D eigenvalue weighted by atomic mass is 16.3. The molecule has 1 saturated heterocycles. The lowest BCUT2D eigenvalue weighted by atomic mass is 9.83. The summed E-state index contributed by atoms with van der Waals surface area (Å²) >= 11 is 0. The summed E-state index contributed by atoms with van der Waals surface area (Å²) in [5.41, 5.74) is 1.15. The Bertz CT molecular complexity index is 451. The van der Waals surface area contributed by atoms with E-state index in [-0.39, 0.29) is 11.3 Å². The summed E-state index contributed by atoms with van der Waals surface area (Å²) in [6, 6.07) is 7.41. The van der Waals surface area contributed by atoms with E-state index >= 15 is 0 Å². The van der Waals surface area contributed by atoms with Crippen LogP contribution in [0.4, 0.5) is 5.69 Å². The van der Waals surface area contributed by atoms with Crippen molar-refractivity contribution < 1.29 is 9.90 Å². The van der Waals surface area contributed by atoms with E-state index in [1.54, 1.807) is 6.92 Å². The highest BCUT2D eigenvalue weighted by Crippen LogP contribution is 2.32. The Morgan fingerprint density at radius 2 is 2.26 bits per heavy atom. The quantitative estimate of drug-likeness (QED) is 0.778. The molecule has 1 aliphatic rings. The number of benzene rings is 1. The third-order valence-electron chi connectivity index (χ3n) is 4.06. The second-order valence-electron chi connectivity index (χ2n) is 5.28. The van der Waals surface area contributed by atoms with Gasteiger partial charge in [0.15, 0.2) is 0 Å². The van der Waals surface area contributed by atoms with Crippen LogP contribution >= 0.6 is 0 Å².